The molecule has 1 unspecified atom stereocenters. The number of ether oxygens (including phenoxy) is 1. The minimum Gasteiger partial charge on any atom is -0.482 e. The summed E-state index contributed by atoms with van der Waals surface area (Å²) < 4.78 is 5.58. The van der Waals surface area contributed by atoms with Crippen molar-refractivity contribution >= 4 is 11.6 Å². The molecule has 128 valence electrons. The van der Waals surface area contributed by atoms with Gasteiger partial charge < -0.3 is 15.4 Å². The van der Waals surface area contributed by atoms with Crippen LogP contribution in [-0.4, -0.2) is 19.1 Å². The molecule has 23 heavy (non-hydrogen) atoms. The Morgan fingerprint density at radius 1 is 1.26 bits per heavy atom. The van der Waals surface area contributed by atoms with Gasteiger partial charge in [-0.15, -0.1) is 0 Å². The number of hydrogen-bond acceptors (Lipinski definition) is 3. The lowest BCUT2D eigenvalue weighted by Gasteiger charge is -2.32. The highest BCUT2D eigenvalue weighted by molar-refractivity contribution is 5.97. The summed E-state index contributed by atoms with van der Waals surface area (Å²) in [7, 11) is 0. The zero-order valence-corrected chi connectivity index (χ0v) is 14.9. The predicted octanol–water partition coefficient (Wildman–Crippen LogP) is 4.04. The molecule has 0 spiro atoms. The number of amides is 1. The van der Waals surface area contributed by atoms with Gasteiger partial charge in [0.05, 0.1) is 5.69 Å². The third-order valence-corrected chi connectivity index (χ3v) is 4.45. The maximum Gasteiger partial charge on any atom is 0.265 e. The van der Waals surface area contributed by atoms with Gasteiger partial charge in [-0.1, -0.05) is 53.0 Å². The summed E-state index contributed by atoms with van der Waals surface area (Å²) in [5.74, 6) is 0.820. The third-order valence-electron chi connectivity index (χ3n) is 4.45. The average Bonchev–Trinajstić information content (AvgIpc) is 2.51. The van der Waals surface area contributed by atoms with E-state index >= 15 is 0 Å². The summed E-state index contributed by atoms with van der Waals surface area (Å²) in [6.45, 7) is 9.45. The van der Waals surface area contributed by atoms with E-state index in [1.165, 1.54) is 12.8 Å². The number of fused-ring (bicyclic) bond motifs is 1. The van der Waals surface area contributed by atoms with E-state index in [-0.39, 0.29) is 24.0 Å². The Kier molecular flexibility index (Phi) is 5.69. The molecule has 0 radical (unpaired) electrons. The second-order valence-electron chi connectivity index (χ2n) is 7.47. The Morgan fingerprint density at radius 3 is 2.65 bits per heavy atom. The van der Waals surface area contributed by atoms with Gasteiger partial charge in [-0.05, 0) is 29.5 Å². The van der Waals surface area contributed by atoms with E-state index in [1.54, 1.807) is 0 Å². The van der Waals surface area contributed by atoms with Crippen molar-refractivity contribution in [1.29, 1.82) is 0 Å². The number of nitrogens with zero attached hydrogens (tertiary/aromatic N) is 1. The topological polar surface area (TPSA) is 55.6 Å². The van der Waals surface area contributed by atoms with Crippen LogP contribution in [0, 0.1) is 5.41 Å². The SMILES string of the molecule is CCCCCCN1C(=O)COc2ccc(C(N)C(C)(C)C)cc21. The zero-order valence-electron chi connectivity index (χ0n) is 14.9. The number of hydrogen-bond donors (Lipinski definition) is 1. The van der Waals surface area contributed by atoms with Crippen molar-refractivity contribution < 1.29 is 9.53 Å². The van der Waals surface area contributed by atoms with E-state index in [0.717, 1.165) is 36.4 Å². The first-order chi connectivity index (χ1) is 10.8. The van der Waals surface area contributed by atoms with Crippen molar-refractivity contribution in [3.8, 4) is 5.75 Å². The molecule has 1 aromatic carbocycles. The Balaban J connectivity index is 2.23. The van der Waals surface area contributed by atoms with Crippen molar-refractivity contribution in [2.45, 2.75) is 59.4 Å². The lowest BCUT2D eigenvalue weighted by atomic mass is 9.83. The van der Waals surface area contributed by atoms with Crippen LogP contribution in [0.5, 0.6) is 5.75 Å². The van der Waals surface area contributed by atoms with Gasteiger partial charge in [0.25, 0.3) is 5.91 Å². The van der Waals surface area contributed by atoms with Crippen LogP contribution < -0.4 is 15.4 Å². The van der Waals surface area contributed by atoms with Crippen LogP contribution in [0.4, 0.5) is 5.69 Å². The van der Waals surface area contributed by atoms with Gasteiger partial charge in [-0.3, -0.25) is 4.79 Å². The highest BCUT2D eigenvalue weighted by Crippen LogP contribution is 2.38. The molecule has 1 amide bonds. The van der Waals surface area contributed by atoms with E-state index in [0.29, 0.717) is 0 Å². The molecule has 0 saturated heterocycles. The molecule has 0 aliphatic carbocycles. The van der Waals surface area contributed by atoms with E-state index < -0.39 is 0 Å². The van der Waals surface area contributed by atoms with Gasteiger partial charge >= 0.3 is 0 Å². The first kappa shape index (κ1) is 17.8. The number of benzene rings is 1. The number of anilines is 1. The van der Waals surface area contributed by atoms with Crippen molar-refractivity contribution in [2.75, 3.05) is 18.1 Å². The fraction of sp³-hybridized carbons (Fsp3) is 0.632. The van der Waals surface area contributed by atoms with Crippen molar-refractivity contribution in [3.05, 3.63) is 23.8 Å². The minimum absolute atomic E-state index is 0.0281. The molecule has 1 aromatic rings. The molecule has 0 aromatic heterocycles. The van der Waals surface area contributed by atoms with Crippen LogP contribution in [0.3, 0.4) is 0 Å². The van der Waals surface area contributed by atoms with Gasteiger partial charge in [0.1, 0.15) is 5.75 Å². The molecule has 4 heteroatoms. The summed E-state index contributed by atoms with van der Waals surface area (Å²) in [6, 6.07) is 5.91. The highest BCUT2D eigenvalue weighted by atomic mass is 16.5. The fourth-order valence-electron chi connectivity index (χ4n) is 2.85. The van der Waals surface area contributed by atoms with Crippen LogP contribution in [0.25, 0.3) is 0 Å². The van der Waals surface area contributed by atoms with E-state index in [1.807, 2.05) is 23.1 Å². The quantitative estimate of drug-likeness (QED) is 0.805. The Morgan fingerprint density at radius 2 is 2.00 bits per heavy atom. The number of rotatable bonds is 6. The number of carbonyl (C=O) groups excluding carboxylic acids is 1. The summed E-state index contributed by atoms with van der Waals surface area (Å²) in [5, 5.41) is 0. The van der Waals surface area contributed by atoms with Gasteiger partial charge in [-0.25, -0.2) is 0 Å². The maximum absolute atomic E-state index is 12.3. The second-order valence-corrected chi connectivity index (χ2v) is 7.47. The monoisotopic (exact) mass is 318 g/mol. The van der Waals surface area contributed by atoms with Crippen LogP contribution in [0.2, 0.25) is 0 Å². The normalized spacial score (nSPS) is 16.0. The summed E-state index contributed by atoms with van der Waals surface area (Å²) in [5.41, 5.74) is 8.27. The molecule has 2 N–H and O–H groups in total. The lowest BCUT2D eigenvalue weighted by Crippen LogP contribution is -2.39. The maximum atomic E-state index is 12.3. The molecule has 0 fully saturated rings. The molecule has 2 rings (SSSR count). The van der Waals surface area contributed by atoms with Crippen LogP contribution in [-0.2, 0) is 4.79 Å². The first-order valence-corrected chi connectivity index (χ1v) is 8.67. The van der Waals surface area contributed by atoms with Crippen molar-refractivity contribution in [1.82, 2.24) is 0 Å². The van der Waals surface area contributed by atoms with Crippen LogP contribution in [0.15, 0.2) is 18.2 Å². The molecule has 1 heterocycles. The van der Waals surface area contributed by atoms with Gasteiger partial charge in [0.15, 0.2) is 6.61 Å². The van der Waals surface area contributed by atoms with Gasteiger partial charge in [-0.2, -0.15) is 0 Å². The summed E-state index contributed by atoms with van der Waals surface area (Å²) in [6.07, 6.45) is 4.57. The van der Waals surface area contributed by atoms with Gasteiger partial charge in [0.2, 0.25) is 0 Å². The number of nitrogens with two attached hydrogens (primary N) is 1. The van der Waals surface area contributed by atoms with Gasteiger partial charge in [0, 0.05) is 12.6 Å². The first-order valence-electron chi connectivity index (χ1n) is 8.67. The van der Waals surface area contributed by atoms with E-state index in [4.69, 9.17) is 10.5 Å². The molecular weight excluding hydrogens is 288 g/mol. The standard InChI is InChI=1S/C19H30N2O2/c1-5-6-7-8-11-21-15-12-14(18(20)19(2,3)4)9-10-16(15)23-13-17(21)22/h9-10,12,18H,5-8,11,13,20H2,1-4H3. The van der Waals surface area contributed by atoms with Crippen LogP contribution in [0.1, 0.15) is 65.0 Å². The molecule has 1 aliphatic rings. The smallest absolute Gasteiger partial charge is 0.265 e. The largest absolute Gasteiger partial charge is 0.482 e. The Labute approximate surface area is 140 Å². The van der Waals surface area contributed by atoms with Crippen LogP contribution >= 0.6 is 0 Å². The van der Waals surface area contributed by atoms with E-state index in [2.05, 4.69) is 27.7 Å². The van der Waals surface area contributed by atoms with Crippen molar-refractivity contribution in [3.63, 3.8) is 0 Å². The number of carbonyl (C=O) groups is 1. The minimum atomic E-state index is -0.0771. The summed E-state index contributed by atoms with van der Waals surface area (Å²) in [4.78, 5) is 14.1. The van der Waals surface area contributed by atoms with Crippen molar-refractivity contribution in [2.24, 2.45) is 11.1 Å². The predicted molar refractivity (Wildman–Crippen MR) is 94.8 cm³/mol. The molecule has 1 aliphatic heterocycles. The zero-order chi connectivity index (χ0) is 17.0. The fourth-order valence-corrected chi connectivity index (χ4v) is 2.85. The summed E-state index contributed by atoms with van der Waals surface area (Å²) >= 11 is 0. The Hall–Kier alpha value is -1.55. The van der Waals surface area contributed by atoms with E-state index in [9.17, 15) is 4.79 Å². The molecule has 1 atom stereocenters. The molecule has 0 saturated carbocycles. The molecule has 0 bridgehead atoms. The highest BCUT2D eigenvalue weighted by Gasteiger charge is 2.28. The Bertz CT molecular complexity index is 549. The molecule has 4 nitrogen and oxygen atoms in total. The lowest BCUT2D eigenvalue weighted by molar-refractivity contribution is -0.121. The number of unbranched alkanes of at least 4 members (excludes halogenated alkanes) is 3. The second kappa shape index (κ2) is 7.35. The molecular formula is C19H30N2O2. The third kappa shape index (κ3) is 4.25. The average molecular weight is 318 g/mol.